The predicted molar refractivity (Wildman–Crippen MR) is 126 cm³/mol. The molecule has 1 amide bonds. The zero-order valence-corrected chi connectivity index (χ0v) is 19.5. The summed E-state index contributed by atoms with van der Waals surface area (Å²) in [5, 5.41) is 11.7. The summed E-state index contributed by atoms with van der Waals surface area (Å²) in [5.41, 5.74) is 3.25. The molecule has 1 aliphatic rings. The van der Waals surface area contributed by atoms with Gasteiger partial charge in [-0.1, -0.05) is 43.6 Å². The van der Waals surface area contributed by atoms with Crippen LogP contribution in [0.5, 0.6) is 0 Å². The molecule has 0 saturated carbocycles. The van der Waals surface area contributed by atoms with Crippen molar-refractivity contribution in [2.45, 2.75) is 38.8 Å². The number of hydrogen-bond donors (Lipinski definition) is 1. The highest BCUT2D eigenvalue weighted by Gasteiger charge is 2.33. The number of carbonyl (C=O) groups is 1. The minimum absolute atomic E-state index is 0.685. The van der Waals surface area contributed by atoms with E-state index in [1.807, 2.05) is 63.2 Å². The maximum absolute atomic E-state index is 11.1. The highest BCUT2D eigenvalue weighted by atomic mass is 35.5. The SMILES string of the molecule is CC.CN(C)c1cc(CN2CCC(O)(c3ccc(Cl)cc3)CC2)ccc1N(C)C=O. The summed E-state index contributed by atoms with van der Waals surface area (Å²) >= 11 is 5.97. The van der Waals surface area contributed by atoms with Crippen LogP contribution < -0.4 is 9.80 Å². The van der Waals surface area contributed by atoms with Gasteiger partial charge in [0.1, 0.15) is 0 Å². The third kappa shape index (κ3) is 5.75. The summed E-state index contributed by atoms with van der Waals surface area (Å²) in [4.78, 5) is 17.1. The molecule has 2 aromatic rings. The Morgan fingerprint density at radius 3 is 2.17 bits per heavy atom. The predicted octanol–water partition coefficient (Wildman–Crippen LogP) is 4.51. The summed E-state index contributed by atoms with van der Waals surface area (Å²) < 4.78 is 0. The number of carbonyl (C=O) groups excluding carboxylic acids is 1. The number of nitrogens with zero attached hydrogens (tertiary/aromatic N) is 3. The molecule has 1 saturated heterocycles. The van der Waals surface area contributed by atoms with E-state index in [0.717, 1.165) is 43.0 Å². The minimum Gasteiger partial charge on any atom is -0.385 e. The zero-order chi connectivity index (χ0) is 22.3. The third-order valence-electron chi connectivity index (χ3n) is 5.53. The van der Waals surface area contributed by atoms with Crippen molar-refractivity contribution in [2.75, 3.05) is 44.0 Å². The van der Waals surface area contributed by atoms with Gasteiger partial charge in [-0.2, -0.15) is 0 Å². The third-order valence-corrected chi connectivity index (χ3v) is 5.78. The van der Waals surface area contributed by atoms with Crippen molar-refractivity contribution in [1.82, 2.24) is 4.90 Å². The molecule has 164 valence electrons. The van der Waals surface area contributed by atoms with Crippen molar-refractivity contribution in [1.29, 1.82) is 0 Å². The van der Waals surface area contributed by atoms with Gasteiger partial charge in [-0.25, -0.2) is 0 Å². The molecule has 3 rings (SSSR count). The molecule has 0 spiro atoms. The Balaban J connectivity index is 0.00000155. The first-order valence-electron chi connectivity index (χ1n) is 10.5. The van der Waals surface area contributed by atoms with Crippen LogP contribution in [0.3, 0.4) is 0 Å². The summed E-state index contributed by atoms with van der Waals surface area (Å²) in [5.74, 6) is 0. The van der Waals surface area contributed by atoms with E-state index in [1.165, 1.54) is 5.56 Å². The van der Waals surface area contributed by atoms with Crippen molar-refractivity contribution >= 4 is 29.4 Å². The first-order valence-corrected chi connectivity index (χ1v) is 10.9. The number of piperidine rings is 1. The standard InChI is InChI=1S/C22H28ClN3O2.C2H6/c1-24(2)21-14-17(4-9-20(21)25(3)16-27)15-26-12-10-22(28,11-13-26)18-5-7-19(23)8-6-18;1-2/h4-9,14,16,28H,10-13,15H2,1-3H3;1-2H3. The number of likely N-dealkylation sites (tertiary alicyclic amines) is 1. The number of benzene rings is 2. The number of hydrogen-bond acceptors (Lipinski definition) is 4. The van der Waals surface area contributed by atoms with Crippen LogP contribution in [0.25, 0.3) is 0 Å². The Kier molecular flexibility index (Phi) is 8.71. The lowest BCUT2D eigenvalue weighted by Gasteiger charge is -2.38. The summed E-state index contributed by atoms with van der Waals surface area (Å²) in [6.45, 7) is 6.47. The Morgan fingerprint density at radius 2 is 1.63 bits per heavy atom. The molecule has 0 aromatic heterocycles. The van der Waals surface area contributed by atoms with Gasteiger partial charge in [0.25, 0.3) is 0 Å². The van der Waals surface area contributed by atoms with Crippen LogP contribution in [-0.4, -0.2) is 50.6 Å². The highest BCUT2D eigenvalue weighted by molar-refractivity contribution is 6.30. The molecule has 2 aromatic carbocycles. The Hall–Kier alpha value is -2.08. The minimum atomic E-state index is -0.785. The van der Waals surface area contributed by atoms with Gasteiger partial charge in [-0.15, -0.1) is 0 Å². The number of halogens is 1. The van der Waals surface area contributed by atoms with Gasteiger partial charge in [0.15, 0.2) is 0 Å². The lowest BCUT2D eigenvalue weighted by Crippen LogP contribution is -2.42. The fraction of sp³-hybridized carbons (Fsp3) is 0.458. The van der Waals surface area contributed by atoms with E-state index in [-0.39, 0.29) is 0 Å². The van der Waals surface area contributed by atoms with E-state index < -0.39 is 5.60 Å². The summed E-state index contributed by atoms with van der Waals surface area (Å²) in [6, 6.07) is 13.7. The average molecular weight is 432 g/mol. The topological polar surface area (TPSA) is 47.0 Å². The second-order valence-corrected chi connectivity index (χ2v) is 8.18. The molecule has 0 unspecified atom stereocenters. The molecule has 0 aliphatic carbocycles. The van der Waals surface area contributed by atoms with Gasteiger partial charge in [-0.3, -0.25) is 9.69 Å². The fourth-order valence-electron chi connectivity index (χ4n) is 3.77. The molecule has 0 radical (unpaired) electrons. The number of amides is 1. The van der Waals surface area contributed by atoms with Crippen LogP contribution >= 0.6 is 11.6 Å². The van der Waals surface area contributed by atoms with Crippen LogP contribution in [0.2, 0.25) is 5.02 Å². The first-order chi connectivity index (χ1) is 14.3. The second kappa shape index (κ2) is 10.8. The van der Waals surface area contributed by atoms with Crippen molar-refractivity contribution in [3.8, 4) is 0 Å². The Morgan fingerprint density at radius 1 is 1.03 bits per heavy atom. The molecule has 0 atom stereocenters. The van der Waals surface area contributed by atoms with E-state index in [0.29, 0.717) is 17.9 Å². The Labute approximate surface area is 185 Å². The lowest BCUT2D eigenvalue weighted by atomic mass is 9.84. The molecule has 0 bridgehead atoms. The fourth-order valence-corrected chi connectivity index (χ4v) is 3.89. The van der Waals surface area contributed by atoms with Crippen molar-refractivity contribution in [3.63, 3.8) is 0 Å². The second-order valence-electron chi connectivity index (χ2n) is 7.75. The van der Waals surface area contributed by atoms with Gasteiger partial charge in [0, 0.05) is 45.8 Å². The molecule has 30 heavy (non-hydrogen) atoms. The van der Waals surface area contributed by atoms with Crippen LogP contribution in [0.1, 0.15) is 37.8 Å². The lowest BCUT2D eigenvalue weighted by molar-refractivity contribution is -0.107. The van der Waals surface area contributed by atoms with Crippen LogP contribution in [0, 0.1) is 0 Å². The number of rotatable bonds is 6. The van der Waals surface area contributed by atoms with E-state index in [2.05, 4.69) is 17.0 Å². The average Bonchev–Trinajstić information content (AvgIpc) is 2.76. The van der Waals surface area contributed by atoms with E-state index >= 15 is 0 Å². The van der Waals surface area contributed by atoms with Crippen molar-refractivity contribution < 1.29 is 9.90 Å². The highest BCUT2D eigenvalue weighted by Crippen LogP contribution is 2.34. The molecule has 1 N–H and O–H groups in total. The molecule has 1 heterocycles. The molecular formula is C24H34ClN3O2. The van der Waals surface area contributed by atoms with Crippen molar-refractivity contribution in [2.24, 2.45) is 0 Å². The maximum Gasteiger partial charge on any atom is 0.213 e. The van der Waals surface area contributed by atoms with Gasteiger partial charge >= 0.3 is 0 Å². The zero-order valence-electron chi connectivity index (χ0n) is 18.7. The van der Waals surface area contributed by atoms with Gasteiger partial charge in [0.05, 0.1) is 17.0 Å². The van der Waals surface area contributed by atoms with Crippen molar-refractivity contribution in [3.05, 3.63) is 58.6 Å². The van der Waals surface area contributed by atoms with Crippen LogP contribution in [-0.2, 0) is 16.9 Å². The van der Waals surface area contributed by atoms with E-state index in [1.54, 1.807) is 11.9 Å². The Bertz CT molecular complexity index is 816. The normalized spacial score (nSPS) is 15.7. The first kappa shape index (κ1) is 24.2. The molecule has 5 nitrogen and oxygen atoms in total. The maximum atomic E-state index is 11.1. The van der Waals surface area contributed by atoms with Crippen LogP contribution in [0.15, 0.2) is 42.5 Å². The van der Waals surface area contributed by atoms with Gasteiger partial charge < -0.3 is 14.9 Å². The summed E-state index contributed by atoms with van der Waals surface area (Å²) in [6.07, 6.45) is 2.21. The number of aliphatic hydroxyl groups is 1. The van der Waals surface area contributed by atoms with Gasteiger partial charge in [0.2, 0.25) is 6.41 Å². The summed E-state index contributed by atoms with van der Waals surface area (Å²) in [7, 11) is 5.72. The monoisotopic (exact) mass is 431 g/mol. The van der Waals surface area contributed by atoms with Crippen LogP contribution in [0.4, 0.5) is 11.4 Å². The van der Waals surface area contributed by atoms with E-state index in [4.69, 9.17) is 11.6 Å². The molecule has 1 fully saturated rings. The molecule has 6 heteroatoms. The van der Waals surface area contributed by atoms with Gasteiger partial charge in [-0.05, 0) is 48.2 Å². The quantitative estimate of drug-likeness (QED) is 0.683. The smallest absolute Gasteiger partial charge is 0.213 e. The number of anilines is 2. The molecule has 1 aliphatic heterocycles. The largest absolute Gasteiger partial charge is 0.385 e. The van der Waals surface area contributed by atoms with E-state index in [9.17, 15) is 9.90 Å². The molecular weight excluding hydrogens is 398 g/mol.